The highest BCUT2D eigenvalue weighted by atomic mass is 16.4. The van der Waals surface area contributed by atoms with Crippen LogP contribution in [-0.2, 0) is 11.2 Å². The predicted octanol–water partition coefficient (Wildman–Crippen LogP) is -0.193. The van der Waals surface area contributed by atoms with Crippen LogP contribution in [0.4, 0.5) is 0 Å². The van der Waals surface area contributed by atoms with E-state index in [9.17, 15) is 4.79 Å². The zero-order valence-electron chi connectivity index (χ0n) is 5.98. The van der Waals surface area contributed by atoms with E-state index in [1.807, 2.05) is 0 Å². The molecule has 1 N–H and O–H groups in total. The van der Waals surface area contributed by atoms with Crippen molar-refractivity contribution < 1.29 is 9.90 Å². The Morgan fingerprint density at radius 2 is 2.45 bits per heavy atom. The summed E-state index contributed by atoms with van der Waals surface area (Å²) in [5.74, 6) is -0.423. The highest BCUT2D eigenvalue weighted by Crippen LogP contribution is 1.92. The lowest BCUT2D eigenvalue weighted by Gasteiger charge is -1.94. The molecule has 0 spiro atoms. The number of aromatic nitrogens is 3. The molecule has 0 saturated heterocycles. The van der Waals surface area contributed by atoms with Crippen molar-refractivity contribution in [1.82, 2.24) is 15.2 Å². The molecule has 0 atom stereocenters. The zero-order valence-corrected chi connectivity index (χ0v) is 5.98. The van der Waals surface area contributed by atoms with Crippen molar-refractivity contribution in [2.45, 2.75) is 13.3 Å². The van der Waals surface area contributed by atoms with Gasteiger partial charge in [-0.2, -0.15) is 5.10 Å². The summed E-state index contributed by atoms with van der Waals surface area (Å²) in [7, 11) is 0. The number of aryl methyl sites for hydroxylation is 1. The molecule has 0 saturated carbocycles. The summed E-state index contributed by atoms with van der Waals surface area (Å²) in [5, 5.41) is 15.5. The van der Waals surface area contributed by atoms with Crippen molar-refractivity contribution in [3.8, 4) is 0 Å². The van der Waals surface area contributed by atoms with Crippen molar-refractivity contribution in [2.24, 2.45) is 0 Å². The molecule has 0 aliphatic carbocycles. The maximum Gasteiger partial charge on any atom is 0.309 e. The van der Waals surface area contributed by atoms with Crippen molar-refractivity contribution in [3.63, 3.8) is 0 Å². The monoisotopic (exact) mass is 153 g/mol. The van der Waals surface area contributed by atoms with Crippen LogP contribution in [0.25, 0.3) is 0 Å². The number of hydrogen-bond donors (Lipinski definition) is 1. The summed E-state index contributed by atoms with van der Waals surface area (Å²) in [6.07, 6.45) is 1.25. The summed E-state index contributed by atoms with van der Waals surface area (Å²) in [6.45, 7) is 1.67. The van der Waals surface area contributed by atoms with E-state index >= 15 is 0 Å². The number of aliphatic carboxylic acids is 1. The second-order valence-electron chi connectivity index (χ2n) is 2.07. The van der Waals surface area contributed by atoms with Gasteiger partial charge < -0.3 is 5.11 Å². The van der Waals surface area contributed by atoms with Gasteiger partial charge in [0.25, 0.3) is 0 Å². The second-order valence-corrected chi connectivity index (χ2v) is 2.07. The van der Waals surface area contributed by atoms with Crippen LogP contribution in [0.15, 0.2) is 6.20 Å². The number of carboxylic acid groups (broad SMARTS) is 1. The van der Waals surface area contributed by atoms with Crippen LogP contribution in [-0.4, -0.2) is 26.3 Å². The van der Waals surface area contributed by atoms with Crippen LogP contribution in [0.5, 0.6) is 0 Å². The van der Waals surface area contributed by atoms with Gasteiger partial charge in [-0.1, -0.05) is 0 Å². The average Bonchev–Trinajstić information content (AvgIpc) is 1.85. The molecule has 5 heteroatoms. The second kappa shape index (κ2) is 3.05. The number of hydrogen-bond acceptors (Lipinski definition) is 4. The number of rotatable bonds is 2. The molecular weight excluding hydrogens is 146 g/mol. The Labute approximate surface area is 63.1 Å². The molecule has 0 aliphatic rings. The van der Waals surface area contributed by atoms with Gasteiger partial charge in [-0.25, -0.2) is 4.98 Å². The standard InChI is InChI=1S/C6H7N3O2/c1-4-8-5(2-6(10)11)3-7-9-4/h3H,2H2,1H3,(H,10,11). The Morgan fingerprint density at radius 3 is 3.00 bits per heavy atom. The molecule has 5 nitrogen and oxygen atoms in total. The van der Waals surface area contributed by atoms with Crippen molar-refractivity contribution in [3.05, 3.63) is 17.7 Å². The first-order chi connectivity index (χ1) is 5.18. The van der Waals surface area contributed by atoms with E-state index < -0.39 is 5.97 Å². The fourth-order valence-corrected chi connectivity index (χ4v) is 0.678. The Hall–Kier alpha value is -1.52. The van der Waals surface area contributed by atoms with Gasteiger partial charge in [0.1, 0.15) is 5.82 Å². The van der Waals surface area contributed by atoms with Crippen molar-refractivity contribution in [2.75, 3.05) is 0 Å². The Balaban J connectivity index is 2.79. The van der Waals surface area contributed by atoms with E-state index in [0.29, 0.717) is 11.5 Å². The van der Waals surface area contributed by atoms with Crippen LogP contribution in [0.3, 0.4) is 0 Å². The van der Waals surface area contributed by atoms with Crippen LogP contribution >= 0.6 is 0 Å². The van der Waals surface area contributed by atoms with Gasteiger partial charge in [0.2, 0.25) is 0 Å². The first-order valence-corrected chi connectivity index (χ1v) is 3.05. The van der Waals surface area contributed by atoms with E-state index in [4.69, 9.17) is 5.11 Å². The van der Waals surface area contributed by atoms with E-state index in [0.717, 1.165) is 0 Å². The van der Waals surface area contributed by atoms with E-state index in [1.165, 1.54) is 6.20 Å². The molecule has 0 aliphatic heterocycles. The molecule has 0 bridgehead atoms. The maximum atomic E-state index is 10.2. The van der Waals surface area contributed by atoms with Gasteiger partial charge in [-0.05, 0) is 6.92 Å². The quantitative estimate of drug-likeness (QED) is 0.637. The third-order valence-corrected chi connectivity index (χ3v) is 1.05. The fourth-order valence-electron chi connectivity index (χ4n) is 0.678. The van der Waals surface area contributed by atoms with Crippen LogP contribution in [0.1, 0.15) is 11.5 Å². The molecule has 0 unspecified atom stereocenters. The number of nitrogens with zero attached hydrogens (tertiary/aromatic N) is 3. The number of carbonyl (C=O) groups is 1. The van der Waals surface area contributed by atoms with Gasteiger partial charge in [0.15, 0.2) is 0 Å². The Kier molecular flexibility index (Phi) is 2.10. The van der Waals surface area contributed by atoms with E-state index in [1.54, 1.807) is 6.92 Å². The summed E-state index contributed by atoms with van der Waals surface area (Å²) >= 11 is 0. The molecule has 1 rings (SSSR count). The largest absolute Gasteiger partial charge is 0.481 e. The Bertz CT molecular complexity index is 274. The Morgan fingerprint density at radius 1 is 1.73 bits per heavy atom. The normalized spacial score (nSPS) is 9.55. The van der Waals surface area contributed by atoms with Gasteiger partial charge in [0.05, 0.1) is 18.3 Å². The SMILES string of the molecule is Cc1nncc(CC(=O)O)n1. The minimum Gasteiger partial charge on any atom is -0.481 e. The molecular formula is C6H7N3O2. The zero-order chi connectivity index (χ0) is 8.27. The van der Waals surface area contributed by atoms with E-state index in [-0.39, 0.29) is 6.42 Å². The molecule has 58 valence electrons. The molecule has 0 radical (unpaired) electrons. The van der Waals surface area contributed by atoms with Gasteiger partial charge in [-0.15, -0.1) is 5.10 Å². The lowest BCUT2D eigenvalue weighted by atomic mass is 10.3. The summed E-state index contributed by atoms with van der Waals surface area (Å²) < 4.78 is 0. The van der Waals surface area contributed by atoms with Crippen LogP contribution < -0.4 is 0 Å². The molecule has 11 heavy (non-hydrogen) atoms. The lowest BCUT2D eigenvalue weighted by molar-refractivity contribution is -0.136. The molecule has 0 fully saturated rings. The number of carboxylic acids is 1. The third kappa shape index (κ3) is 2.29. The van der Waals surface area contributed by atoms with Gasteiger partial charge in [0, 0.05) is 0 Å². The molecule has 1 aromatic rings. The highest BCUT2D eigenvalue weighted by Gasteiger charge is 2.01. The molecule has 0 aromatic carbocycles. The predicted molar refractivity (Wildman–Crippen MR) is 35.9 cm³/mol. The molecule has 1 heterocycles. The fraction of sp³-hybridized carbons (Fsp3) is 0.333. The summed E-state index contributed by atoms with van der Waals surface area (Å²) in [6, 6.07) is 0. The van der Waals surface area contributed by atoms with E-state index in [2.05, 4.69) is 15.2 Å². The lowest BCUT2D eigenvalue weighted by Crippen LogP contribution is -2.04. The summed E-state index contributed by atoms with van der Waals surface area (Å²) in [4.78, 5) is 14.1. The molecule has 1 aromatic heterocycles. The maximum absolute atomic E-state index is 10.2. The molecule has 0 amide bonds. The van der Waals surface area contributed by atoms with Crippen LogP contribution in [0, 0.1) is 6.92 Å². The van der Waals surface area contributed by atoms with Crippen LogP contribution in [0.2, 0.25) is 0 Å². The van der Waals surface area contributed by atoms with Crippen molar-refractivity contribution in [1.29, 1.82) is 0 Å². The van der Waals surface area contributed by atoms with Gasteiger partial charge >= 0.3 is 5.97 Å². The first-order valence-electron chi connectivity index (χ1n) is 3.05. The minimum atomic E-state index is -0.912. The topological polar surface area (TPSA) is 76.0 Å². The summed E-state index contributed by atoms with van der Waals surface area (Å²) in [5.41, 5.74) is 0.435. The average molecular weight is 153 g/mol. The highest BCUT2D eigenvalue weighted by molar-refractivity contribution is 5.69. The van der Waals surface area contributed by atoms with Crippen molar-refractivity contribution >= 4 is 5.97 Å². The smallest absolute Gasteiger partial charge is 0.309 e. The van der Waals surface area contributed by atoms with Gasteiger partial charge in [-0.3, -0.25) is 4.79 Å². The minimum absolute atomic E-state index is 0.101. The first kappa shape index (κ1) is 7.59. The third-order valence-electron chi connectivity index (χ3n) is 1.05.